The first-order valence-corrected chi connectivity index (χ1v) is 7.15. The van der Waals surface area contributed by atoms with E-state index in [1.165, 1.54) is 19.0 Å². The fourth-order valence-electron chi connectivity index (χ4n) is 3.99. The van der Waals surface area contributed by atoms with Crippen molar-refractivity contribution in [1.82, 2.24) is 9.80 Å². The fraction of sp³-hybridized carbons (Fsp3) is 0.714. The molecular formula is C14H22N4O. The average molecular weight is 262 g/mol. The number of carbonyl (C=O) groups excluding carboxylic acids is 1. The molecule has 0 aromatic carbocycles. The van der Waals surface area contributed by atoms with Gasteiger partial charge >= 0.3 is 0 Å². The number of amidine groups is 1. The second-order valence-electron chi connectivity index (χ2n) is 6.03. The van der Waals surface area contributed by atoms with Crippen molar-refractivity contribution in [2.45, 2.75) is 50.1 Å². The van der Waals surface area contributed by atoms with Crippen molar-refractivity contribution in [3.05, 3.63) is 11.8 Å². The molecule has 0 aromatic rings. The summed E-state index contributed by atoms with van der Waals surface area (Å²) >= 11 is 0. The number of hydrogen-bond donors (Lipinski definition) is 2. The third kappa shape index (κ3) is 1.60. The van der Waals surface area contributed by atoms with Crippen LogP contribution in [0.5, 0.6) is 0 Å². The molecule has 5 nitrogen and oxygen atoms in total. The van der Waals surface area contributed by atoms with E-state index < -0.39 is 5.54 Å². The van der Waals surface area contributed by atoms with Crippen LogP contribution in [-0.4, -0.2) is 46.7 Å². The summed E-state index contributed by atoms with van der Waals surface area (Å²) in [6, 6.07) is 0.348. The van der Waals surface area contributed by atoms with Gasteiger partial charge in [-0.3, -0.25) is 10.2 Å². The number of carbonyl (C=O) groups is 1. The highest BCUT2D eigenvalue weighted by Gasteiger charge is 2.57. The predicted molar refractivity (Wildman–Crippen MR) is 73.7 cm³/mol. The lowest BCUT2D eigenvalue weighted by atomic mass is 9.91. The van der Waals surface area contributed by atoms with E-state index in [1.807, 2.05) is 7.05 Å². The van der Waals surface area contributed by atoms with Crippen LogP contribution in [0.25, 0.3) is 0 Å². The molecule has 3 rings (SSSR count). The molecule has 104 valence electrons. The Labute approximate surface area is 113 Å². The highest BCUT2D eigenvalue weighted by molar-refractivity contribution is 6.06. The van der Waals surface area contributed by atoms with Crippen molar-refractivity contribution in [3.8, 4) is 0 Å². The molecule has 2 aliphatic heterocycles. The minimum absolute atomic E-state index is 0.168. The maximum absolute atomic E-state index is 12.6. The van der Waals surface area contributed by atoms with Crippen LogP contribution in [0.15, 0.2) is 11.8 Å². The summed E-state index contributed by atoms with van der Waals surface area (Å²) in [4.78, 5) is 16.5. The summed E-state index contributed by atoms with van der Waals surface area (Å²) in [5.41, 5.74) is 5.98. The molecule has 2 heterocycles. The number of amides is 1. The highest BCUT2D eigenvalue weighted by atomic mass is 16.2. The molecule has 2 saturated heterocycles. The Hall–Kier alpha value is -1.52. The quantitative estimate of drug-likeness (QED) is 0.742. The van der Waals surface area contributed by atoms with Crippen LogP contribution in [0.4, 0.5) is 0 Å². The molecule has 1 aliphatic carbocycles. The van der Waals surface area contributed by atoms with Crippen molar-refractivity contribution in [2.75, 3.05) is 13.6 Å². The molecule has 3 fully saturated rings. The van der Waals surface area contributed by atoms with Crippen LogP contribution in [0.2, 0.25) is 0 Å². The molecule has 1 unspecified atom stereocenters. The van der Waals surface area contributed by atoms with Gasteiger partial charge in [-0.25, -0.2) is 0 Å². The number of nitrogens with one attached hydrogen (secondary N) is 1. The molecule has 19 heavy (non-hydrogen) atoms. The van der Waals surface area contributed by atoms with Crippen molar-refractivity contribution in [3.63, 3.8) is 0 Å². The Morgan fingerprint density at radius 1 is 1.42 bits per heavy atom. The molecule has 0 aromatic heterocycles. The average Bonchev–Trinajstić information content (AvgIpc) is 3.07. The maximum Gasteiger partial charge on any atom is 0.248 e. The predicted octanol–water partition coefficient (Wildman–Crippen LogP) is 1.06. The summed E-state index contributed by atoms with van der Waals surface area (Å²) in [6.45, 7) is 0.785. The van der Waals surface area contributed by atoms with Gasteiger partial charge in [0, 0.05) is 37.8 Å². The van der Waals surface area contributed by atoms with Crippen LogP contribution in [0.3, 0.4) is 0 Å². The molecule has 5 heteroatoms. The van der Waals surface area contributed by atoms with Gasteiger partial charge in [-0.15, -0.1) is 0 Å². The van der Waals surface area contributed by atoms with E-state index in [-0.39, 0.29) is 5.91 Å². The van der Waals surface area contributed by atoms with E-state index in [9.17, 15) is 4.79 Å². The number of rotatable bonds is 1. The second-order valence-corrected chi connectivity index (χ2v) is 6.03. The zero-order valence-electron chi connectivity index (χ0n) is 11.5. The van der Waals surface area contributed by atoms with E-state index in [1.54, 1.807) is 4.90 Å². The Morgan fingerprint density at radius 2 is 2.11 bits per heavy atom. The number of nitrogens with two attached hydrogens (primary N) is 1. The van der Waals surface area contributed by atoms with Gasteiger partial charge in [0.25, 0.3) is 0 Å². The zero-order chi connectivity index (χ0) is 13.6. The first-order valence-electron chi connectivity index (χ1n) is 7.15. The van der Waals surface area contributed by atoms with Gasteiger partial charge in [-0.2, -0.15) is 0 Å². The summed E-state index contributed by atoms with van der Waals surface area (Å²) in [6.07, 6.45) is 7.55. The van der Waals surface area contributed by atoms with Gasteiger partial charge in [-0.05, 0) is 19.3 Å². The molecule has 0 radical (unpaired) electrons. The first-order chi connectivity index (χ1) is 9.10. The minimum atomic E-state index is -0.508. The van der Waals surface area contributed by atoms with Crippen molar-refractivity contribution < 1.29 is 4.79 Å². The van der Waals surface area contributed by atoms with E-state index in [0.29, 0.717) is 18.3 Å². The lowest BCUT2D eigenvalue weighted by Crippen LogP contribution is -2.54. The van der Waals surface area contributed by atoms with Crippen LogP contribution in [0.1, 0.15) is 38.5 Å². The van der Waals surface area contributed by atoms with Crippen molar-refractivity contribution in [2.24, 2.45) is 5.73 Å². The largest absolute Gasteiger partial charge is 0.404 e. The van der Waals surface area contributed by atoms with E-state index in [4.69, 9.17) is 11.1 Å². The van der Waals surface area contributed by atoms with Crippen LogP contribution < -0.4 is 5.73 Å². The van der Waals surface area contributed by atoms with Gasteiger partial charge in [0.15, 0.2) is 0 Å². The van der Waals surface area contributed by atoms with Crippen LogP contribution in [0, 0.1) is 5.41 Å². The zero-order valence-corrected chi connectivity index (χ0v) is 11.5. The Balaban J connectivity index is 2.01. The summed E-state index contributed by atoms with van der Waals surface area (Å²) in [5.74, 6) is 0.652. The Kier molecular flexibility index (Phi) is 2.80. The van der Waals surface area contributed by atoms with Crippen molar-refractivity contribution in [1.29, 1.82) is 5.41 Å². The molecule has 0 bridgehead atoms. The standard InChI is InChI=1S/C14H22N4O/c1-17-7-6-14(13(17)19)8-10(9-15)12(16)18(14)11-4-2-3-5-11/h9,11,16H,2-8,15H2,1H3/b10-9-,16-12?. The van der Waals surface area contributed by atoms with Crippen LogP contribution >= 0.6 is 0 Å². The number of nitrogens with zero attached hydrogens (tertiary/aromatic N) is 2. The van der Waals surface area contributed by atoms with Crippen LogP contribution in [-0.2, 0) is 4.79 Å². The lowest BCUT2D eigenvalue weighted by molar-refractivity contribution is -0.135. The van der Waals surface area contributed by atoms with Gasteiger partial charge < -0.3 is 15.5 Å². The highest BCUT2D eigenvalue weighted by Crippen LogP contribution is 2.45. The number of likely N-dealkylation sites (tertiary alicyclic amines) is 2. The van der Waals surface area contributed by atoms with E-state index in [0.717, 1.165) is 31.4 Å². The maximum atomic E-state index is 12.6. The van der Waals surface area contributed by atoms with Gasteiger partial charge in [0.2, 0.25) is 5.91 Å². The van der Waals surface area contributed by atoms with Gasteiger partial charge in [0.1, 0.15) is 11.4 Å². The monoisotopic (exact) mass is 262 g/mol. The lowest BCUT2D eigenvalue weighted by Gasteiger charge is -2.38. The summed E-state index contributed by atoms with van der Waals surface area (Å²) < 4.78 is 0. The minimum Gasteiger partial charge on any atom is -0.404 e. The first kappa shape index (κ1) is 12.5. The molecule has 1 saturated carbocycles. The van der Waals surface area contributed by atoms with E-state index in [2.05, 4.69) is 4.90 Å². The molecule has 1 atom stereocenters. The second kappa shape index (κ2) is 4.25. The molecule has 3 N–H and O–H groups in total. The normalized spacial score (nSPS) is 34.5. The topological polar surface area (TPSA) is 73.4 Å². The Bertz CT molecular complexity index is 452. The van der Waals surface area contributed by atoms with E-state index >= 15 is 0 Å². The third-order valence-corrected chi connectivity index (χ3v) is 4.99. The molecular weight excluding hydrogens is 240 g/mol. The summed E-state index contributed by atoms with van der Waals surface area (Å²) in [5, 5.41) is 8.38. The number of hydrogen-bond acceptors (Lipinski definition) is 3. The SMILES string of the molecule is CN1CCC2(C/C(=C/N)C(=N)N2C2CCCC2)C1=O. The molecule has 1 spiro atoms. The van der Waals surface area contributed by atoms with Gasteiger partial charge in [0.05, 0.1) is 0 Å². The summed E-state index contributed by atoms with van der Waals surface area (Å²) in [7, 11) is 1.86. The van der Waals surface area contributed by atoms with Crippen molar-refractivity contribution >= 4 is 11.7 Å². The molecule has 1 amide bonds. The fourth-order valence-corrected chi connectivity index (χ4v) is 3.99. The molecule has 3 aliphatic rings. The third-order valence-electron chi connectivity index (χ3n) is 4.99. The Morgan fingerprint density at radius 3 is 2.63 bits per heavy atom. The van der Waals surface area contributed by atoms with Gasteiger partial charge in [-0.1, -0.05) is 12.8 Å². The smallest absolute Gasteiger partial charge is 0.248 e. The number of likely N-dealkylation sites (N-methyl/N-ethyl adjacent to an activating group) is 1.